The summed E-state index contributed by atoms with van der Waals surface area (Å²) >= 11 is 0. The van der Waals surface area contributed by atoms with E-state index in [1.807, 2.05) is 0 Å². The zero-order chi connectivity index (χ0) is 10.7. The lowest BCUT2D eigenvalue weighted by Gasteiger charge is -2.02. The third kappa shape index (κ3) is 1.65. The van der Waals surface area contributed by atoms with Gasteiger partial charge in [-0.05, 0) is 6.92 Å². The second-order valence-corrected chi connectivity index (χ2v) is 2.41. The van der Waals surface area contributed by atoms with Crippen LogP contribution in [0.25, 0.3) is 0 Å². The molecule has 0 radical (unpaired) electrons. The Morgan fingerprint density at radius 1 is 1.64 bits per heavy atom. The number of nitrogens with two attached hydrogens (primary N) is 2. The van der Waals surface area contributed by atoms with Crippen LogP contribution in [0.3, 0.4) is 0 Å². The third-order valence-corrected chi connectivity index (χ3v) is 1.50. The number of ether oxygens (including phenoxy) is 1. The summed E-state index contributed by atoms with van der Waals surface area (Å²) in [6.07, 6.45) is 0.401. The van der Waals surface area contributed by atoms with Gasteiger partial charge in [0.05, 0.1) is 6.61 Å². The standard InChI is InChI=1S/C7H10N4O3/c1-2-14-7(13)11-3-10-4(5(11)8)6(9)12/h3H,2,8H2,1H3,(H2,9,12). The molecule has 76 valence electrons. The molecule has 0 saturated heterocycles. The molecule has 7 nitrogen and oxygen atoms in total. The van der Waals surface area contributed by atoms with Gasteiger partial charge in [0.2, 0.25) is 0 Å². The number of carbonyl (C=O) groups excluding carboxylic acids is 2. The number of primary amides is 1. The van der Waals surface area contributed by atoms with Gasteiger partial charge in [-0.2, -0.15) is 0 Å². The number of nitrogen functional groups attached to an aromatic ring is 1. The maximum atomic E-state index is 11.2. The fourth-order valence-corrected chi connectivity index (χ4v) is 0.886. The fourth-order valence-electron chi connectivity index (χ4n) is 0.886. The van der Waals surface area contributed by atoms with E-state index < -0.39 is 12.0 Å². The molecule has 1 aromatic rings. The second-order valence-electron chi connectivity index (χ2n) is 2.41. The van der Waals surface area contributed by atoms with Gasteiger partial charge in [0, 0.05) is 0 Å². The van der Waals surface area contributed by atoms with Crippen LogP contribution in [0, 0.1) is 0 Å². The van der Waals surface area contributed by atoms with Crippen LogP contribution in [0.1, 0.15) is 17.4 Å². The summed E-state index contributed by atoms with van der Waals surface area (Å²) in [7, 11) is 0. The van der Waals surface area contributed by atoms with E-state index in [4.69, 9.17) is 11.5 Å². The van der Waals surface area contributed by atoms with E-state index in [2.05, 4.69) is 9.72 Å². The number of aromatic nitrogens is 2. The Labute approximate surface area is 79.6 Å². The molecule has 0 aliphatic rings. The van der Waals surface area contributed by atoms with Crippen LogP contribution in [0.4, 0.5) is 10.6 Å². The summed E-state index contributed by atoms with van der Waals surface area (Å²) in [5.41, 5.74) is 10.2. The molecule has 1 amide bonds. The van der Waals surface area contributed by atoms with Crippen molar-refractivity contribution in [2.75, 3.05) is 12.3 Å². The van der Waals surface area contributed by atoms with E-state index >= 15 is 0 Å². The van der Waals surface area contributed by atoms with Crippen molar-refractivity contribution in [3.63, 3.8) is 0 Å². The van der Waals surface area contributed by atoms with Crippen molar-refractivity contribution in [1.82, 2.24) is 9.55 Å². The van der Waals surface area contributed by atoms with Crippen molar-refractivity contribution in [1.29, 1.82) is 0 Å². The minimum atomic E-state index is -0.787. The van der Waals surface area contributed by atoms with Crippen molar-refractivity contribution in [2.24, 2.45) is 5.73 Å². The number of hydrogen-bond acceptors (Lipinski definition) is 5. The molecule has 0 aliphatic carbocycles. The van der Waals surface area contributed by atoms with Gasteiger partial charge in [0.15, 0.2) is 5.69 Å². The Morgan fingerprint density at radius 3 is 2.71 bits per heavy atom. The number of hydrogen-bond donors (Lipinski definition) is 2. The highest BCUT2D eigenvalue weighted by Crippen LogP contribution is 2.09. The molecule has 0 bridgehead atoms. The molecule has 7 heteroatoms. The van der Waals surface area contributed by atoms with E-state index in [0.717, 1.165) is 10.9 Å². The maximum absolute atomic E-state index is 11.2. The predicted octanol–water partition coefficient (Wildman–Crippen LogP) is -0.431. The molecule has 0 spiro atoms. The average Bonchev–Trinajstić information content (AvgIpc) is 2.47. The molecule has 1 heterocycles. The van der Waals surface area contributed by atoms with E-state index in [0.29, 0.717) is 0 Å². The van der Waals surface area contributed by atoms with Crippen LogP contribution >= 0.6 is 0 Å². The molecule has 0 atom stereocenters. The van der Waals surface area contributed by atoms with Gasteiger partial charge in [-0.1, -0.05) is 0 Å². The highest BCUT2D eigenvalue weighted by molar-refractivity contribution is 5.96. The third-order valence-electron chi connectivity index (χ3n) is 1.50. The highest BCUT2D eigenvalue weighted by Gasteiger charge is 2.17. The van der Waals surface area contributed by atoms with Crippen molar-refractivity contribution < 1.29 is 14.3 Å². The average molecular weight is 198 g/mol. The molecule has 4 N–H and O–H groups in total. The Balaban J connectivity index is 3.00. The van der Waals surface area contributed by atoms with Crippen LogP contribution in [0.5, 0.6) is 0 Å². The Hall–Kier alpha value is -2.05. The highest BCUT2D eigenvalue weighted by atomic mass is 16.5. The van der Waals surface area contributed by atoms with E-state index in [1.54, 1.807) is 6.92 Å². The minimum absolute atomic E-state index is 0.115. The van der Waals surface area contributed by atoms with Crippen LogP contribution in [0.15, 0.2) is 6.33 Å². The first-order chi connectivity index (χ1) is 6.57. The normalized spacial score (nSPS) is 9.79. The predicted molar refractivity (Wildman–Crippen MR) is 47.6 cm³/mol. The molecular formula is C7H10N4O3. The lowest BCUT2D eigenvalue weighted by Crippen LogP contribution is -2.18. The first kappa shape index (κ1) is 10.0. The lowest BCUT2D eigenvalue weighted by molar-refractivity contribution is 0.0997. The van der Waals surface area contributed by atoms with Gasteiger partial charge < -0.3 is 16.2 Å². The number of anilines is 1. The first-order valence-corrected chi connectivity index (χ1v) is 3.87. The topological polar surface area (TPSA) is 113 Å². The fraction of sp³-hybridized carbons (Fsp3) is 0.286. The quantitative estimate of drug-likeness (QED) is 0.669. The summed E-state index contributed by atoms with van der Waals surface area (Å²) in [6.45, 7) is 1.86. The first-order valence-electron chi connectivity index (χ1n) is 3.87. The van der Waals surface area contributed by atoms with Crippen LogP contribution in [-0.4, -0.2) is 28.2 Å². The molecule has 1 rings (SSSR count). The number of rotatable bonds is 2. The van der Waals surface area contributed by atoms with Gasteiger partial charge in [0.25, 0.3) is 5.91 Å². The Bertz CT molecular complexity index is 371. The molecular weight excluding hydrogens is 188 g/mol. The van der Waals surface area contributed by atoms with Crippen LogP contribution < -0.4 is 11.5 Å². The smallest absolute Gasteiger partial charge is 0.420 e. The maximum Gasteiger partial charge on any atom is 0.420 e. The molecule has 0 saturated carbocycles. The monoisotopic (exact) mass is 198 g/mol. The Morgan fingerprint density at radius 2 is 2.29 bits per heavy atom. The number of amides is 1. The SMILES string of the molecule is CCOC(=O)n1cnc(C(N)=O)c1N. The van der Waals surface area contributed by atoms with Crippen molar-refractivity contribution >= 4 is 17.8 Å². The van der Waals surface area contributed by atoms with E-state index in [-0.39, 0.29) is 18.1 Å². The summed E-state index contributed by atoms with van der Waals surface area (Å²) in [4.78, 5) is 25.5. The van der Waals surface area contributed by atoms with E-state index in [1.165, 1.54) is 0 Å². The molecule has 14 heavy (non-hydrogen) atoms. The number of imidazole rings is 1. The number of carbonyl (C=O) groups is 2. The zero-order valence-electron chi connectivity index (χ0n) is 7.56. The minimum Gasteiger partial charge on any atom is -0.449 e. The van der Waals surface area contributed by atoms with Gasteiger partial charge in [-0.15, -0.1) is 0 Å². The van der Waals surface area contributed by atoms with Crippen LogP contribution in [0.2, 0.25) is 0 Å². The number of nitrogens with zero attached hydrogens (tertiary/aromatic N) is 2. The lowest BCUT2D eigenvalue weighted by atomic mass is 10.4. The molecule has 0 aromatic carbocycles. The van der Waals surface area contributed by atoms with Crippen molar-refractivity contribution in [2.45, 2.75) is 6.92 Å². The summed E-state index contributed by atoms with van der Waals surface area (Å²) in [5.74, 6) is -0.901. The zero-order valence-corrected chi connectivity index (χ0v) is 7.56. The molecule has 0 unspecified atom stereocenters. The second kappa shape index (κ2) is 3.77. The van der Waals surface area contributed by atoms with Crippen molar-refractivity contribution in [3.8, 4) is 0 Å². The summed E-state index contributed by atoms with van der Waals surface area (Å²) < 4.78 is 5.57. The van der Waals surface area contributed by atoms with Gasteiger partial charge in [-0.3, -0.25) is 4.79 Å². The summed E-state index contributed by atoms with van der Waals surface area (Å²) in [5, 5.41) is 0. The molecule has 1 aromatic heterocycles. The van der Waals surface area contributed by atoms with Gasteiger partial charge >= 0.3 is 6.09 Å². The molecule has 0 aliphatic heterocycles. The van der Waals surface area contributed by atoms with Gasteiger partial charge in [-0.25, -0.2) is 14.3 Å². The Kier molecular flexibility index (Phi) is 2.70. The van der Waals surface area contributed by atoms with Gasteiger partial charge in [0.1, 0.15) is 12.1 Å². The largest absolute Gasteiger partial charge is 0.449 e. The van der Waals surface area contributed by atoms with E-state index in [9.17, 15) is 9.59 Å². The summed E-state index contributed by atoms with van der Waals surface area (Å²) in [6, 6.07) is 0. The molecule has 0 fully saturated rings. The van der Waals surface area contributed by atoms with Crippen LogP contribution in [-0.2, 0) is 4.74 Å². The van der Waals surface area contributed by atoms with Crippen molar-refractivity contribution in [3.05, 3.63) is 12.0 Å².